The number of hydrogen-bond donors (Lipinski definition) is 0. The molecule has 2 aromatic carbocycles. The van der Waals surface area contributed by atoms with Gasteiger partial charge in [0.25, 0.3) is 11.5 Å². The first-order valence-electron chi connectivity index (χ1n) is 8.50. The Morgan fingerprint density at radius 1 is 1.07 bits per heavy atom. The molecule has 5 nitrogen and oxygen atoms in total. The molecule has 0 aliphatic rings. The summed E-state index contributed by atoms with van der Waals surface area (Å²) in [6.07, 6.45) is 1.55. The van der Waals surface area contributed by atoms with Crippen molar-refractivity contribution in [2.75, 3.05) is 14.1 Å². The van der Waals surface area contributed by atoms with Crippen molar-refractivity contribution in [1.29, 1.82) is 0 Å². The predicted molar refractivity (Wildman–Crippen MR) is 104 cm³/mol. The van der Waals surface area contributed by atoms with Crippen LogP contribution in [0.5, 0.6) is 0 Å². The van der Waals surface area contributed by atoms with Gasteiger partial charge in [-0.3, -0.25) is 14.2 Å². The number of rotatable bonds is 2. The van der Waals surface area contributed by atoms with Crippen molar-refractivity contribution >= 4 is 27.7 Å². The molecular weight excluding hydrogens is 345 g/mol. The first-order valence-corrected chi connectivity index (χ1v) is 8.50. The molecule has 0 bridgehead atoms. The van der Waals surface area contributed by atoms with Crippen LogP contribution in [0.1, 0.15) is 10.4 Å². The monoisotopic (exact) mass is 363 g/mol. The molecule has 0 N–H and O–H groups in total. The Balaban J connectivity index is 2.24. The predicted octanol–water partition coefficient (Wildman–Crippen LogP) is 3.32. The van der Waals surface area contributed by atoms with E-state index in [2.05, 4.69) is 0 Å². The van der Waals surface area contributed by atoms with E-state index in [1.165, 1.54) is 21.6 Å². The molecule has 0 unspecified atom stereocenters. The lowest BCUT2D eigenvalue weighted by Crippen LogP contribution is -2.26. The summed E-state index contributed by atoms with van der Waals surface area (Å²) in [5.41, 5.74) is 1.82. The molecule has 0 atom stereocenters. The summed E-state index contributed by atoms with van der Waals surface area (Å²) in [6, 6.07) is 13.5. The number of carbonyl (C=O) groups is 1. The largest absolute Gasteiger partial charge is 0.345 e. The maximum Gasteiger partial charge on any atom is 0.279 e. The summed E-state index contributed by atoms with van der Waals surface area (Å²) >= 11 is 0. The lowest BCUT2D eigenvalue weighted by Gasteiger charge is -2.14. The first-order chi connectivity index (χ1) is 12.9. The molecule has 0 fully saturated rings. The van der Waals surface area contributed by atoms with E-state index in [0.29, 0.717) is 33.1 Å². The van der Waals surface area contributed by atoms with Gasteiger partial charge in [0.2, 0.25) is 0 Å². The molecule has 2 aromatic heterocycles. The summed E-state index contributed by atoms with van der Waals surface area (Å²) in [6.45, 7) is 0. The van der Waals surface area contributed by atoms with Gasteiger partial charge in [-0.15, -0.1) is 0 Å². The van der Waals surface area contributed by atoms with Crippen LogP contribution in [0.4, 0.5) is 4.39 Å². The topological polar surface area (TPSA) is 47.2 Å². The van der Waals surface area contributed by atoms with Crippen LogP contribution < -0.4 is 5.56 Å². The average molecular weight is 363 g/mol. The number of hydrogen-bond acceptors (Lipinski definition) is 2. The smallest absolute Gasteiger partial charge is 0.279 e. The van der Waals surface area contributed by atoms with E-state index in [-0.39, 0.29) is 11.5 Å². The Labute approximate surface area is 154 Å². The second-order valence-electron chi connectivity index (χ2n) is 6.70. The number of carbonyl (C=O) groups excluding carboxylic acids is 1. The zero-order chi connectivity index (χ0) is 19.3. The molecule has 0 aliphatic carbocycles. The lowest BCUT2D eigenvalue weighted by molar-refractivity contribution is 0.0829. The Morgan fingerprint density at radius 3 is 2.44 bits per heavy atom. The van der Waals surface area contributed by atoms with Gasteiger partial charge >= 0.3 is 0 Å². The van der Waals surface area contributed by atoms with E-state index in [9.17, 15) is 14.0 Å². The maximum absolute atomic E-state index is 13.9. The van der Waals surface area contributed by atoms with Crippen LogP contribution in [-0.4, -0.2) is 34.0 Å². The second-order valence-corrected chi connectivity index (χ2v) is 6.70. The van der Waals surface area contributed by atoms with Gasteiger partial charge in [0, 0.05) is 49.3 Å². The van der Waals surface area contributed by atoms with Crippen molar-refractivity contribution in [3.05, 3.63) is 76.5 Å². The van der Waals surface area contributed by atoms with E-state index >= 15 is 0 Å². The highest BCUT2D eigenvalue weighted by Crippen LogP contribution is 2.30. The molecule has 4 aromatic rings. The third kappa shape index (κ3) is 2.52. The van der Waals surface area contributed by atoms with Crippen LogP contribution in [0.25, 0.3) is 27.5 Å². The highest BCUT2D eigenvalue weighted by molar-refractivity contribution is 6.17. The third-order valence-corrected chi connectivity index (χ3v) is 4.78. The summed E-state index contributed by atoms with van der Waals surface area (Å²) < 4.78 is 17.1. The van der Waals surface area contributed by atoms with Gasteiger partial charge in [0.1, 0.15) is 11.3 Å². The first kappa shape index (κ1) is 17.0. The van der Waals surface area contributed by atoms with E-state index in [0.717, 1.165) is 0 Å². The van der Waals surface area contributed by atoms with Crippen LogP contribution in [-0.2, 0) is 7.05 Å². The fourth-order valence-electron chi connectivity index (χ4n) is 3.49. The van der Waals surface area contributed by atoms with Crippen LogP contribution in [0.15, 0.2) is 59.5 Å². The normalized spacial score (nSPS) is 11.3. The van der Waals surface area contributed by atoms with E-state index < -0.39 is 5.82 Å². The molecule has 0 aliphatic heterocycles. The highest BCUT2D eigenvalue weighted by Gasteiger charge is 2.23. The molecule has 0 saturated heterocycles. The van der Waals surface area contributed by atoms with Crippen molar-refractivity contribution in [2.45, 2.75) is 0 Å². The van der Waals surface area contributed by atoms with Crippen molar-refractivity contribution in [1.82, 2.24) is 14.0 Å². The second kappa shape index (κ2) is 6.09. The molecule has 2 heterocycles. The van der Waals surface area contributed by atoms with Crippen LogP contribution in [0.2, 0.25) is 0 Å². The fourth-order valence-corrected chi connectivity index (χ4v) is 3.49. The summed E-state index contributed by atoms with van der Waals surface area (Å²) in [4.78, 5) is 27.6. The number of aryl methyl sites for hydroxylation is 1. The zero-order valence-electron chi connectivity index (χ0n) is 15.2. The number of para-hydroxylation sites is 1. The Hall–Kier alpha value is -3.41. The van der Waals surface area contributed by atoms with Gasteiger partial charge in [-0.2, -0.15) is 0 Å². The van der Waals surface area contributed by atoms with Crippen molar-refractivity contribution < 1.29 is 9.18 Å². The number of nitrogens with zero attached hydrogens (tertiary/aromatic N) is 3. The number of aromatic nitrogens is 2. The molecule has 0 saturated carbocycles. The molecular formula is C21H18FN3O2. The maximum atomic E-state index is 13.9. The molecule has 6 heteroatoms. The zero-order valence-corrected chi connectivity index (χ0v) is 15.2. The van der Waals surface area contributed by atoms with Crippen molar-refractivity contribution in [3.63, 3.8) is 0 Å². The Bertz CT molecular complexity index is 1250. The molecule has 0 radical (unpaired) electrons. The minimum atomic E-state index is -0.412. The summed E-state index contributed by atoms with van der Waals surface area (Å²) in [5.74, 6) is -0.660. The van der Waals surface area contributed by atoms with Crippen LogP contribution in [0.3, 0.4) is 0 Å². The van der Waals surface area contributed by atoms with Gasteiger partial charge in [-0.1, -0.05) is 18.2 Å². The average Bonchev–Trinajstić information content (AvgIpc) is 2.95. The Kier molecular flexibility index (Phi) is 3.84. The number of benzene rings is 2. The molecule has 1 amide bonds. The molecule has 27 heavy (non-hydrogen) atoms. The van der Waals surface area contributed by atoms with Gasteiger partial charge in [0.05, 0.1) is 5.56 Å². The number of fused-ring (bicyclic) bond motifs is 3. The van der Waals surface area contributed by atoms with E-state index in [1.54, 1.807) is 50.1 Å². The van der Waals surface area contributed by atoms with Crippen LogP contribution in [0, 0.1) is 5.82 Å². The van der Waals surface area contributed by atoms with Gasteiger partial charge < -0.3 is 9.47 Å². The molecule has 0 spiro atoms. The quantitative estimate of drug-likeness (QED) is 0.548. The third-order valence-electron chi connectivity index (χ3n) is 4.78. The van der Waals surface area contributed by atoms with Crippen molar-refractivity contribution in [2.24, 2.45) is 7.05 Å². The van der Waals surface area contributed by atoms with Crippen molar-refractivity contribution in [3.8, 4) is 5.69 Å². The number of halogens is 1. The van der Waals surface area contributed by atoms with E-state index in [4.69, 9.17) is 0 Å². The minimum absolute atomic E-state index is 0.249. The van der Waals surface area contributed by atoms with Gasteiger partial charge in [-0.25, -0.2) is 4.39 Å². The summed E-state index contributed by atoms with van der Waals surface area (Å²) in [7, 11) is 5.05. The molecule has 4 rings (SSSR count). The lowest BCUT2D eigenvalue weighted by atomic mass is 10.1. The number of amides is 1. The fraction of sp³-hybridized carbons (Fsp3) is 0.143. The highest BCUT2D eigenvalue weighted by atomic mass is 19.1. The SMILES string of the molecule is CN(C)C(=O)c1cn(-c2ccccc2)c(=O)c2c1c1cc(F)ccc1n2C. The van der Waals surface area contributed by atoms with Gasteiger partial charge in [-0.05, 0) is 30.3 Å². The Morgan fingerprint density at radius 2 is 1.78 bits per heavy atom. The molecule has 136 valence electrons. The van der Waals surface area contributed by atoms with E-state index in [1.807, 2.05) is 18.2 Å². The standard InChI is InChI=1S/C21H18FN3O2/c1-23(2)20(26)16-12-25(14-7-5-4-6-8-14)21(27)19-18(16)15-11-13(22)9-10-17(15)24(19)3/h4-12H,1-3H3. The van der Waals surface area contributed by atoms with Crippen LogP contribution >= 0.6 is 0 Å². The summed E-state index contributed by atoms with van der Waals surface area (Å²) in [5, 5.41) is 1.03. The number of pyridine rings is 1. The minimum Gasteiger partial charge on any atom is -0.345 e. The van der Waals surface area contributed by atoms with Gasteiger partial charge in [0.15, 0.2) is 0 Å².